The third-order valence-electron chi connectivity index (χ3n) is 7.14. The van der Waals surface area contributed by atoms with Gasteiger partial charge in [0.1, 0.15) is 5.75 Å². The fraction of sp³-hybridized carbons (Fsp3) is 0.125. The van der Waals surface area contributed by atoms with Gasteiger partial charge in [0.15, 0.2) is 0 Å². The Balaban J connectivity index is 1.70. The fourth-order valence-electron chi connectivity index (χ4n) is 5.45. The van der Waals surface area contributed by atoms with Gasteiger partial charge < -0.3 is 9.64 Å². The first-order valence-corrected chi connectivity index (χ1v) is 11.7. The third-order valence-corrected chi connectivity index (χ3v) is 7.14. The summed E-state index contributed by atoms with van der Waals surface area (Å²) in [6, 6.07) is 39.0. The number of nitrogens with zero attached hydrogens (tertiary/aromatic N) is 1. The van der Waals surface area contributed by atoms with Crippen molar-refractivity contribution in [2.45, 2.75) is 19.3 Å². The van der Waals surface area contributed by atoms with Crippen molar-refractivity contribution in [3.8, 4) is 16.9 Å². The van der Waals surface area contributed by atoms with Crippen LogP contribution in [0.3, 0.4) is 0 Å². The minimum atomic E-state index is -0.116. The van der Waals surface area contributed by atoms with E-state index in [1.54, 1.807) is 7.11 Å². The smallest absolute Gasteiger partial charge is 0.119 e. The summed E-state index contributed by atoms with van der Waals surface area (Å²) in [5.74, 6) is 0.894. The van der Waals surface area contributed by atoms with E-state index in [4.69, 9.17) is 4.74 Å². The van der Waals surface area contributed by atoms with E-state index in [-0.39, 0.29) is 5.41 Å². The van der Waals surface area contributed by atoms with Gasteiger partial charge in [-0.25, -0.2) is 0 Å². The van der Waals surface area contributed by atoms with Crippen LogP contribution in [0.1, 0.15) is 25.0 Å². The van der Waals surface area contributed by atoms with Crippen LogP contribution in [0.4, 0.5) is 17.1 Å². The van der Waals surface area contributed by atoms with Crippen LogP contribution >= 0.6 is 0 Å². The van der Waals surface area contributed by atoms with E-state index in [1.165, 1.54) is 38.7 Å². The van der Waals surface area contributed by atoms with Gasteiger partial charge in [0.25, 0.3) is 0 Å². The maximum atomic E-state index is 5.60. The second-order valence-corrected chi connectivity index (χ2v) is 9.41. The lowest BCUT2D eigenvalue weighted by Crippen LogP contribution is -2.17. The number of ether oxygens (including phenoxy) is 1. The van der Waals surface area contributed by atoms with Crippen molar-refractivity contribution >= 4 is 27.8 Å². The Labute approximate surface area is 201 Å². The molecule has 0 amide bonds. The molecular weight excluding hydrogens is 414 g/mol. The molecule has 6 rings (SSSR count). The molecule has 1 aliphatic rings. The normalized spacial score (nSPS) is 13.4. The van der Waals surface area contributed by atoms with Gasteiger partial charge in [-0.2, -0.15) is 0 Å². The number of rotatable bonds is 4. The summed E-state index contributed by atoms with van der Waals surface area (Å²) in [4.78, 5) is 2.38. The second-order valence-electron chi connectivity index (χ2n) is 9.41. The molecule has 0 atom stereocenters. The number of hydrogen-bond donors (Lipinski definition) is 0. The van der Waals surface area contributed by atoms with Crippen molar-refractivity contribution in [1.29, 1.82) is 0 Å². The minimum absolute atomic E-state index is 0.116. The highest BCUT2D eigenvalue weighted by Crippen LogP contribution is 2.55. The largest absolute Gasteiger partial charge is 0.497 e. The molecule has 34 heavy (non-hydrogen) atoms. The average Bonchev–Trinajstić information content (AvgIpc) is 3.11. The van der Waals surface area contributed by atoms with E-state index >= 15 is 0 Å². The lowest BCUT2D eigenvalue weighted by molar-refractivity contribution is 0.414. The number of anilines is 3. The molecule has 0 bridgehead atoms. The Kier molecular flexibility index (Phi) is 4.70. The van der Waals surface area contributed by atoms with Crippen LogP contribution in [0.15, 0.2) is 109 Å². The van der Waals surface area contributed by atoms with Crippen molar-refractivity contribution in [2.24, 2.45) is 0 Å². The highest BCUT2D eigenvalue weighted by molar-refractivity contribution is 6.10. The van der Waals surface area contributed by atoms with Crippen molar-refractivity contribution in [1.82, 2.24) is 0 Å². The molecule has 0 unspecified atom stereocenters. The first kappa shape index (κ1) is 20.6. The number of para-hydroxylation sites is 2. The molecule has 0 saturated heterocycles. The maximum Gasteiger partial charge on any atom is 0.119 e. The second kappa shape index (κ2) is 7.78. The van der Waals surface area contributed by atoms with Gasteiger partial charge in [-0.3, -0.25) is 0 Å². The summed E-state index contributed by atoms with van der Waals surface area (Å²) in [5, 5.41) is 2.51. The van der Waals surface area contributed by atoms with Crippen molar-refractivity contribution < 1.29 is 4.74 Å². The summed E-state index contributed by atoms with van der Waals surface area (Å²) < 4.78 is 5.60. The lowest BCUT2D eigenvalue weighted by atomic mass is 9.81. The minimum Gasteiger partial charge on any atom is -0.497 e. The van der Waals surface area contributed by atoms with E-state index in [0.717, 1.165) is 17.1 Å². The Hall–Kier alpha value is -4.04. The summed E-state index contributed by atoms with van der Waals surface area (Å²) >= 11 is 0. The predicted octanol–water partition coefficient (Wildman–Crippen LogP) is 8.62. The van der Waals surface area contributed by atoms with Crippen LogP contribution in [-0.4, -0.2) is 7.11 Å². The van der Waals surface area contributed by atoms with Crippen LogP contribution in [0, 0.1) is 0 Å². The Bertz CT molecular complexity index is 1460. The first-order valence-electron chi connectivity index (χ1n) is 11.7. The molecule has 0 radical (unpaired) electrons. The van der Waals surface area contributed by atoms with Gasteiger partial charge >= 0.3 is 0 Å². The van der Waals surface area contributed by atoms with E-state index in [0.29, 0.717) is 0 Å². The predicted molar refractivity (Wildman–Crippen MR) is 143 cm³/mol. The SMILES string of the molecule is COc1ccc2c(c1)-c1c(cc(N(c3ccccc3)c3ccccc3)c3ccccc13)C2(C)C. The van der Waals surface area contributed by atoms with E-state index in [2.05, 4.69) is 128 Å². The van der Waals surface area contributed by atoms with Gasteiger partial charge in [0, 0.05) is 22.2 Å². The summed E-state index contributed by atoms with van der Waals surface area (Å²) in [7, 11) is 1.74. The molecular formula is C32H27NO. The molecule has 0 saturated carbocycles. The zero-order valence-corrected chi connectivity index (χ0v) is 19.7. The van der Waals surface area contributed by atoms with E-state index in [1.807, 2.05) is 0 Å². The zero-order valence-electron chi connectivity index (χ0n) is 19.7. The van der Waals surface area contributed by atoms with Crippen molar-refractivity contribution in [3.63, 3.8) is 0 Å². The highest BCUT2D eigenvalue weighted by Gasteiger charge is 2.38. The quantitative estimate of drug-likeness (QED) is 0.277. The van der Waals surface area contributed by atoms with Crippen molar-refractivity contribution in [3.05, 3.63) is 120 Å². The fourth-order valence-corrected chi connectivity index (χ4v) is 5.45. The average molecular weight is 442 g/mol. The van der Waals surface area contributed by atoms with Crippen LogP contribution in [0.5, 0.6) is 5.75 Å². The number of fused-ring (bicyclic) bond motifs is 5. The standard InChI is InChI=1S/C32H27NO/c1-32(2)28-19-18-24(34-3)20-27(28)31-26-17-11-10-16-25(26)30(21-29(31)32)33(22-12-6-4-7-13-22)23-14-8-5-9-15-23/h4-21H,1-3H3. The molecule has 0 aromatic heterocycles. The Morgan fingerprint density at radius 3 is 1.82 bits per heavy atom. The van der Waals surface area contributed by atoms with Gasteiger partial charge in [-0.1, -0.05) is 80.6 Å². The van der Waals surface area contributed by atoms with Crippen molar-refractivity contribution in [2.75, 3.05) is 12.0 Å². The molecule has 0 heterocycles. The molecule has 166 valence electrons. The van der Waals surface area contributed by atoms with E-state index in [9.17, 15) is 0 Å². The van der Waals surface area contributed by atoms with Gasteiger partial charge in [-0.05, 0) is 70.1 Å². The van der Waals surface area contributed by atoms with Gasteiger partial charge in [0.2, 0.25) is 0 Å². The van der Waals surface area contributed by atoms with Gasteiger partial charge in [-0.15, -0.1) is 0 Å². The van der Waals surface area contributed by atoms with Crippen LogP contribution < -0.4 is 9.64 Å². The Morgan fingerprint density at radius 2 is 1.21 bits per heavy atom. The number of hydrogen-bond acceptors (Lipinski definition) is 2. The lowest BCUT2D eigenvalue weighted by Gasteiger charge is -2.29. The topological polar surface area (TPSA) is 12.5 Å². The summed E-state index contributed by atoms with van der Waals surface area (Å²) in [6.07, 6.45) is 0. The molecule has 5 aromatic rings. The van der Waals surface area contributed by atoms with Crippen LogP contribution in [0.2, 0.25) is 0 Å². The zero-order chi connectivity index (χ0) is 23.3. The maximum absolute atomic E-state index is 5.60. The van der Waals surface area contributed by atoms with Gasteiger partial charge in [0.05, 0.1) is 12.8 Å². The third kappa shape index (κ3) is 3.03. The van der Waals surface area contributed by atoms with E-state index < -0.39 is 0 Å². The Morgan fingerprint density at radius 1 is 0.618 bits per heavy atom. The monoisotopic (exact) mass is 441 g/mol. The molecule has 0 aliphatic heterocycles. The number of benzene rings is 5. The molecule has 0 N–H and O–H groups in total. The number of methoxy groups -OCH3 is 1. The molecule has 5 aromatic carbocycles. The highest BCUT2D eigenvalue weighted by atomic mass is 16.5. The molecule has 0 fully saturated rings. The summed E-state index contributed by atoms with van der Waals surface area (Å²) in [6.45, 7) is 4.66. The molecule has 2 heteroatoms. The van der Waals surface area contributed by atoms with Crippen LogP contribution in [-0.2, 0) is 5.41 Å². The summed E-state index contributed by atoms with van der Waals surface area (Å²) in [5.41, 5.74) is 8.65. The molecule has 0 spiro atoms. The molecule has 1 aliphatic carbocycles. The first-order chi connectivity index (χ1) is 16.6. The van der Waals surface area contributed by atoms with Crippen LogP contribution in [0.25, 0.3) is 21.9 Å². The molecule has 2 nitrogen and oxygen atoms in total.